The van der Waals surface area contributed by atoms with Crippen LogP contribution in [0.3, 0.4) is 0 Å². The molecule has 0 spiro atoms. The second kappa shape index (κ2) is 8.88. The molecule has 0 bridgehead atoms. The second-order valence-electron chi connectivity index (χ2n) is 5.72. The van der Waals surface area contributed by atoms with Crippen LogP contribution in [0, 0.1) is 0 Å². The summed E-state index contributed by atoms with van der Waals surface area (Å²) in [7, 11) is 0. The fourth-order valence-corrected chi connectivity index (χ4v) is 2.57. The summed E-state index contributed by atoms with van der Waals surface area (Å²) < 4.78 is 5.02. The molecule has 3 amide bonds. The molecule has 0 aliphatic rings. The van der Waals surface area contributed by atoms with E-state index < -0.39 is 11.8 Å². The van der Waals surface area contributed by atoms with Crippen molar-refractivity contribution in [2.24, 2.45) is 0 Å². The van der Waals surface area contributed by atoms with Gasteiger partial charge in [0.05, 0.1) is 23.4 Å². The Morgan fingerprint density at radius 2 is 1.50 bits per heavy atom. The molecule has 7 nitrogen and oxygen atoms in total. The zero-order valence-corrected chi connectivity index (χ0v) is 15.3. The number of anilines is 2. The smallest absolute Gasteiger partial charge is 0.291 e. The first-order valence-electron chi connectivity index (χ1n) is 8.30. The molecular formula is C20H16ClN3O4. The number of carbonyl (C=O) groups excluding carboxylic acids is 3. The number of halogens is 1. The molecule has 1 aromatic heterocycles. The van der Waals surface area contributed by atoms with Crippen molar-refractivity contribution in [2.45, 2.75) is 0 Å². The third-order valence-electron chi connectivity index (χ3n) is 3.70. The molecule has 2 aromatic carbocycles. The number of benzene rings is 2. The molecule has 3 rings (SSSR count). The van der Waals surface area contributed by atoms with Crippen LogP contribution in [0.15, 0.2) is 71.3 Å². The Bertz CT molecular complexity index is 985. The monoisotopic (exact) mass is 397 g/mol. The highest BCUT2D eigenvalue weighted by atomic mass is 35.5. The van der Waals surface area contributed by atoms with Gasteiger partial charge in [-0.15, -0.1) is 0 Å². The van der Waals surface area contributed by atoms with Gasteiger partial charge in [0.2, 0.25) is 5.91 Å². The fraction of sp³-hybridized carbons (Fsp3) is 0.0500. The van der Waals surface area contributed by atoms with Gasteiger partial charge in [-0.05, 0) is 48.5 Å². The molecule has 0 radical (unpaired) electrons. The van der Waals surface area contributed by atoms with E-state index in [4.69, 9.17) is 16.0 Å². The molecule has 3 aromatic rings. The van der Waals surface area contributed by atoms with E-state index in [2.05, 4.69) is 16.0 Å². The summed E-state index contributed by atoms with van der Waals surface area (Å²) in [6.45, 7) is -0.207. The van der Waals surface area contributed by atoms with Crippen LogP contribution in [0.1, 0.15) is 20.9 Å². The lowest BCUT2D eigenvalue weighted by atomic mass is 10.2. The van der Waals surface area contributed by atoms with E-state index in [1.807, 2.05) is 0 Å². The number of amides is 3. The predicted octanol–water partition coefficient (Wildman–Crippen LogP) is 3.55. The van der Waals surface area contributed by atoms with Gasteiger partial charge in [0.15, 0.2) is 5.76 Å². The lowest BCUT2D eigenvalue weighted by Gasteiger charge is -2.09. The molecule has 0 atom stereocenters. The van der Waals surface area contributed by atoms with Crippen LogP contribution in [0.25, 0.3) is 0 Å². The molecule has 28 heavy (non-hydrogen) atoms. The van der Waals surface area contributed by atoms with Crippen molar-refractivity contribution in [2.75, 3.05) is 17.2 Å². The van der Waals surface area contributed by atoms with Crippen molar-refractivity contribution in [3.8, 4) is 0 Å². The van der Waals surface area contributed by atoms with Crippen LogP contribution in [0.2, 0.25) is 5.02 Å². The quantitative estimate of drug-likeness (QED) is 0.592. The van der Waals surface area contributed by atoms with Crippen LogP contribution >= 0.6 is 11.6 Å². The summed E-state index contributed by atoms with van der Waals surface area (Å²) in [5.41, 5.74) is 1.37. The molecule has 1 heterocycles. The Kier molecular flexibility index (Phi) is 6.08. The Morgan fingerprint density at radius 3 is 2.14 bits per heavy atom. The summed E-state index contributed by atoms with van der Waals surface area (Å²) in [6.07, 6.45) is 1.41. The highest BCUT2D eigenvalue weighted by Gasteiger charge is 2.12. The van der Waals surface area contributed by atoms with Crippen LogP contribution in [0.5, 0.6) is 0 Å². The van der Waals surface area contributed by atoms with Gasteiger partial charge in [-0.25, -0.2) is 0 Å². The van der Waals surface area contributed by atoms with Crippen LogP contribution in [-0.2, 0) is 4.79 Å². The van der Waals surface area contributed by atoms with E-state index in [9.17, 15) is 14.4 Å². The molecule has 0 unspecified atom stereocenters. The predicted molar refractivity (Wildman–Crippen MR) is 106 cm³/mol. The molecule has 0 saturated heterocycles. The molecular weight excluding hydrogens is 382 g/mol. The van der Waals surface area contributed by atoms with E-state index in [-0.39, 0.29) is 18.2 Å². The van der Waals surface area contributed by atoms with Gasteiger partial charge in [0, 0.05) is 11.4 Å². The minimum Gasteiger partial charge on any atom is -0.459 e. The normalized spacial score (nSPS) is 10.2. The number of furan rings is 1. The van der Waals surface area contributed by atoms with E-state index in [1.165, 1.54) is 6.26 Å². The van der Waals surface area contributed by atoms with E-state index in [0.717, 1.165) is 0 Å². The van der Waals surface area contributed by atoms with Crippen molar-refractivity contribution in [3.63, 3.8) is 0 Å². The molecule has 0 saturated carbocycles. The van der Waals surface area contributed by atoms with E-state index >= 15 is 0 Å². The van der Waals surface area contributed by atoms with Gasteiger partial charge in [-0.2, -0.15) is 0 Å². The third-order valence-corrected chi connectivity index (χ3v) is 4.03. The molecule has 0 fully saturated rings. The van der Waals surface area contributed by atoms with Crippen molar-refractivity contribution in [1.82, 2.24) is 5.32 Å². The molecule has 3 N–H and O–H groups in total. The minimum absolute atomic E-state index is 0.201. The zero-order valence-electron chi connectivity index (χ0n) is 14.6. The Morgan fingerprint density at radius 1 is 0.821 bits per heavy atom. The topological polar surface area (TPSA) is 100 Å². The van der Waals surface area contributed by atoms with Crippen LogP contribution in [-0.4, -0.2) is 24.3 Å². The van der Waals surface area contributed by atoms with Gasteiger partial charge < -0.3 is 20.4 Å². The Labute approximate surface area is 165 Å². The fourth-order valence-electron chi connectivity index (χ4n) is 2.34. The van der Waals surface area contributed by atoms with Crippen LogP contribution < -0.4 is 16.0 Å². The summed E-state index contributed by atoms with van der Waals surface area (Å²) in [6, 6.07) is 16.3. The summed E-state index contributed by atoms with van der Waals surface area (Å²) in [5, 5.41) is 8.15. The highest BCUT2D eigenvalue weighted by molar-refractivity contribution is 6.33. The summed E-state index contributed by atoms with van der Waals surface area (Å²) in [5.74, 6) is -1.000. The molecule has 142 valence electrons. The standard InChI is InChI=1S/C20H16ClN3O4/c21-16-5-2-1-4-15(16)19(26)22-12-18(25)23-13-7-9-14(10-8-13)24-20(27)17-6-3-11-28-17/h1-11H,12H2,(H,22,26)(H,23,25)(H,24,27). The number of hydrogen-bond acceptors (Lipinski definition) is 4. The number of rotatable bonds is 6. The van der Waals surface area contributed by atoms with Gasteiger partial charge in [0.1, 0.15) is 0 Å². The first kappa shape index (κ1) is 19.2. The summed E-state index contributed by atoms with van der Waals surface area (Å²) >= 11 is 5.95. The molecule has 0 aliphatic carbocycles. The maximum absolute atomic E-state index is 12.0. The average Bonchev–Trinajstić information content (AvgIpc) is 3.23. The number of hydrogen-bond donors (Lipinski definition) is 3. The minimum atomic E-state index is -0.434. The summed E-state index contributed by atoms with van der Waals surface area (Å²) in [4.78, 5) is 36.0. The molecule has 8 heteroatoms. The lowest BCUT2D eigenvalue weighted by Crippen LogP contribution is -2.33. The maximum atomic E-state index is 12.0. The zero-order chi connectivity index (χ0) is 19.9. The van der Waals surface area contributed by atoms with Crippen molar-refractivity contribution in [3.05, 3.63) is 83.3 Å². The maximum Gasteiger partial charge on any atom is 0.291 e. The SMILES string of the molecule is O=C(CNC(=O)c1ccccc1Cl)Nc1ccc(NC(=O)c2ccco2)cc1. The lowest BCUT2D eigenvalue weighted by molar-refractivity contribution is -0.115. The van der Waals surface area contributed by atoms with Crippen LogP contribution in [0.4, 0.5) is 11.4 Å². The third kappa shape index (κ3) is 4.99. The van der Waals surface area contributed by atoms with Crippen molar-refractivity contribution in [1.29, 1.82) is 0 Å². The first-order chi connectivity index (χ1) is 13.5. The largest absolute Gasteiger partial charge is 0.459 e. The highest BCUT2D eigenvalue weighted by Crippen LogP contribution is 2.16. The van der Waals surface area contributed by atoms with Crippen molar-refractivity contribution < 1.29 is 18.8 Å². The number of carbonyl (C=O) groups is 3. The van der Waals surface area contributed by atoms with Gasteiger partial charge in [-0.1, -0.05) is 23.7 Å². The second-order valence-corrected chi connectivity index (χ2v) is 6.13. The van der Waals surface area contributed by atoms with Crippen molar-refractivity contribution >= 4 is 40.7 Å². The molecule has 0 aliphatic heterocycles. The van der Waals surface area contributed by atoms with Gasteiger partial charge in [-0.3, -0.25) is 14.4 Å². The Balaban J connectivity index is 1.50. The van der Waals surface area contributed by atoms with Gasteiger partial charge >= 0.3 is 0 Å². The van der Waals surface area contributed by atoms with Gasteiger partial charge in [0.25, 0.3) is 11.8 Å². The number of nitrogens with one attached hydrogen (secondary N) is 3. The first-order valence-corrected chi connectivity index (χ1v) is 8.68. The van der Waals surface area contributed by atoms with E-state index in [1.54, 1.807) is 60.7 Å². The average molecular weight is 398 g/mol. The Hall–Kier alpha value is -3.58. The van der Waals surface area contributed by atoms with E-state index in [0.29, 0.717) is 22.0 Å².